The molecule has 0 aliphatic carbocycles. The first-order valence-electron chi connectivity index (χ1n) is 6.59. The molecule has 0 bridgehead atoms. The molecular weight excluding hydrogens is 224 g/mol. The number of hydrogen-bond donors (Lipinski definition) is 1. The molecule has 0 atom stereocenters. The van der Waals surface area contributed by atoms with E-state index in [4.69, 9.17) is 0 Å². The molecule has 96 valence electrons. The average molecular weight is 244 g/mol. The first-order chi connectivity index (χ1) is 8.76. The molecule has 1 amide bonds. The van der Waals surface area contributed by atoms with Crippen molar-refractivity contribution in [1.29, 1.82) is 0 Å². The van der Waals surface area contributed by atoms with E-state index in [1.807, 2.05) is 6.92 Å². The highest BCUT2D eigenvalue weighted by molar-refractivity contribution is 5.83. The molecule has 18 heavy (non-hydrogen) atoms. The van der Waals surface area contributed by atoms with Gasteiger partial charge in [-0.2, -0.15) is 0 Å². The zero-order valence-electron chi connectivity index (χ0n) is 11.1. The van der Waals surface area contributed by atoms with E-state index in [9.17, 15) is 4.79 Å². The zero-order valence-corrected chi connectivity index (χ0v) is 11.1. The van der Waals surface area contributed by atoms with Crippen LogP contribution >= 0.6 is 0 Å². The van der Waals surface area contributed by atoms with Gasteiger partial charge < -0.3 is 9.88 Å². The highest BCUT2D eigenvalue weighted by atomic mass is 16.1. The van der Waals surface area contributed by atoms with Gasteiger partial charge in [0.15, 0.2) is 0 Å². The smallest absolute Gasteiger partial charge is 0.221 e. The van der Waals surface area contributed by atoms with Gasteiger partial charge >= 0.3 is 0 Å². The minimum atomic E-state index is 0.119. The summed E-state index contributed by atoms with van der Waals surface area (Å²) in [6.45, 7) is 5.55. The Morgan fingerprint density at radius 3 is 2.83 bits per heavy atom. The second-order valence-electron chi connectivity index (χ2n) is 4.42. The molecule has 1 N–H and O–H groups in total. The maximum atomic E-state index is 11.5. The Labute approximate surface area is 108 Å². The third kappa shape index (κ3) is 2.55. The van der Waals surface area contributed by atoms with Gasteiger partial charge in [0.2, 0.25) is 5.91 Å². The molecule has 0 unspecified atom stereocenters. The van der Waals surface area contributed by atoms with Crippen LogP contribution in [0.5, 0.6) is 0 Å². The molecule has 1 heterocycles. The van der Waals surface area contributed by atoms with E-state index in [-0.39, 0.29) is 5.91 Å². The van der Waals surface area contributed by atoms with Crippen LogP contribution in [0.15, 0.2) is 30.5 Å². The number of aryl methyl sites for hydroxylation is 2. The number of amides is 1. The number of carbonyl (C=O) groups is 1. The molecule has 0 saturated heterocycles. The molecule has 0 fully saturated rings. The van der Waals surface area contributed by atoms with Crippen molar-refractivity contribution in [3.8, 4) is 0 Å². The summed E-state index contributed by atoms with van der Waals surface area (Å²) in [6, 6.07) is 8.49. The van der Waals surface area contributed by atoms with E-state index in [0.717, 1.165) is 13.0 Å². The number of aromatic nitrogens is 1. The molecule has 0 saturated carbocycles. The van der Waals surface area contributed by atoms with Crippen LogP contribution in [0.1, 0.15) is 25.8 Å². The molecule has 1 aromatic heterocycles. The number of carbonyl (C=O) groups excluding carboxylic acids is 1. The number of para-hydroxylation sites is 1. The first kappa shape index (κ1) is 12.7. The summed E-state index contributed by atoms with van der Waals surface area (Å²) in [5, 5.41) is 4.09. The van der Waals surface area contributed by atoms with Crippen LogP contribution in [-0.2, 0) is 17.8 Å². The number of nitrogens with zero attached hydrogens (tertiary/aromatic N) is 1. The average Bonchev–Trinajstić information content (AvgIpc) is 2.80. The summed E-state index contributed by atoms with van der Waals surface area (Å²) in [4.78, 5) is 11.5. The van der Waals surface area contributed by atoms with Gasteiger partial charge in [0.1, 0.15) is 0 Å². The van der Waals surface area contributed by atoms with Crippen LogP contribution in [0.25, 0.3) is 10.9 Å². The third-order valence-corrected chi connectivity index (χ3v) is 3.21. The van der Waals surface area contributed by atoms with Gasteiger partial charge in [0, 0.05) is 25.7 Å². The number of benzene rings is 1. The molecule has 0 spiro atoms. The molecule has 1 aromatic carbocycles. The lowest BCUT2D eigenvalue weighted by Crippen LogP contribution is -2.23. The monoisotopic (exact) mass is 244 g/mol. The molecule has 2 rings (SSSR count). The van der Waals surface area contributed by atoms with Crippen molar-refractivity contribution >= 4 is 16.8 Å². The van der Waals surface area contributed by atoms with E-state index in [1.165, 1.54) is 16.5 Å². The van der Waals surface area contributed by atoms with E-state index < -0.39 is 0 Å². The molecule has 3 heteroatoms. The second kappa shape index (κ2) is 5.71. The van der Waals surface area contributed by atoms with E-state index in [0.29, 0.717) is 13.0 Å². The molecule has 3 nitrogen and oxygen atoms in total. The fourth-order valence-corrected chi connectivity index (χ4v) is 2.32. The van der Waals surface area contributed by atoms with Crippen LogP contribution in [0.4, 0.5) is 0 Å². The zero-order chi connectivity index (χ0) is 13.0. The SMILES string of the molecule is CCNC(=O)CCn1ccc2cccc(CC)c21. The minimum Gasteiger partial charge on any atom is -0.356 e. The Hall–Kier alpha value is -1.77. The van der Waals surface area contributed by atoms with Gasteiger partial charge in [0.05, 0.1) is 5.52 Å². The number of nitrogens with one attached hydrogen (secondary N) is 1. The summed E-state index contributed by atoms with van der Waals surface area (Å²) in [6.07, 6.45) is 3.63. The quantitative estimate of drug-likeness (QED) is 0.862. The summed E-state index contributed by atoms with van der Waals surface area (Å²) in [5.74, 6) is 0.119. The topological polar surface area (TPSA) is 34.0 Å². The predicted molar refractivity (Wildman–Crippen MR) is 74.6 cm³/mol. The Morgan fingerprint density at radius 1 is 1.28 bits per heavy atom. The normalized spacial score (nSPS) is 10.8. The fraction of sp³-hybridized carbons (Fsp3) is 0.400. The summed E-state index contributed by atoms with van der Waals surface area (Å²) >= 11 is 0. The largest absolute Gasteiger partial charge is 0.356 e. The van der Waals surface area contributed by atoms with Crippen molar-refractivity contribution < 1.29 is 4.79 Å². The van der Waals surface area contributed by atoms with Gasteiger partial charge in [-0.3, -0.25) is 4.79 Å². The maximum Gasteiger partial charge on any atom is 0.221 e. The number of fused-ring (bicyclic) bond motifs is 1. The lowest BCUT2D eigenvalue weighted by atomic mass is 10.1. The van der Waals surface area contributed by atoms with Crippen molar-refractivity contribution in [1.82, 2.24) is 9.88 Å². The van der Waals surface area contributed by atoms with Crippen molar-refractivity contribution in [2.24, 2.45) is 0 Å². The maximum absolute atomic E-state index is 11.5. The van der Waals surface area contributed by atoms with Gasteiger partial charge in [-0.25, -0.2) is 0 Å². The lowest BCUT2D eigenvalue weighted by molar-refractivity contribution is -0.121. The molecule has 2 aromatic rings. The fourth-order valence-electron chi connectivity index (χ4n) is 2.32. The highest BCUT2D eigenvalue weighted by Gasteiger charge is 2.06. The number of rotatable bonds is 5. The van der Waals surface area contributed by atoms with Crippen molar-refractivity contribution in [3.63, 3.8) is 0 Å². The van der Waals surface area contributed by atoms with E-state index in [1.54, 1.807) is 0 Å². The molecule has 0 aliphatic rings. The van der Waals surface area contributed by atoms with Crippen LogP contribution in [0.3, 0.4) is 0 Å². The minimum absolute atomic E-state index is 0.119. The van der Waals surface area contributed by atoms with E-state index in [2.05, 4.69) is 47.3 Å². The molecular formula is C15H20N2O. The van der Waals surface area contributed by atoms with Gasteiger partial charge in [-0.15, -0.1) is 0 Å². The van der Waals surface area contributed by atoms with Crippen molar-refractivity contribution in [2.45, 2.75) is 33.2 Å². The van der Waals surface area contributed by atoms with Crippen LogP contribution in [0, 0.1) is 0 Å². The van der Waals surface area contributed by atoms with Gasteiger partial charge in [0.25, 0.3) is 0 Å². The van der Waals surface area contributed by atoms with Crippen LogP contribution in [-0.4, -0.2) is 17.0 Å². The first-order valence-corrected chi connectivity index (χ1v) is 6.59. The Bertz CT molecular complexity index is 542. The third-order valence-electron chi connectivity index (χ3n) is 3.21. The summed E-state index contributed by atoms with van der Waals surface area (Å²) < 4.78 is 2.18. The lowest BCUT2D eigenvalue weighted by Gasteiger charge is -2.08. The van der Waals surface area contributed by atoms with Gasteiger partial charge in [-0.1, -0.05) is 25.1 Å². The molecule has 0 radical (unpaired) electrons. The second-order valence-corrected chi connectivity index (χ2v) is 4.42. The number of hydrogen-bond acceptors (Lipinski definition) is 1. The van der Waals surface area contributed by atoms with Gasteiger partial charge in [-0.05, 0) is 30.4 Å². The van der Waals surface area contributed by atoms with Crippen LogP contribution in [0.2, 0.25) is 0 Å². The summed E-state index contributed by atoms with van der Waals surface area (Å²) in [5.41, 5.74) is 2.61. The highest BCUT2D eigenvalue weighted by Crippen LogP contribution is 2.21. The Kier molecular flexibility index (Phi) is 4.03. The Morgan fingerprint density at radius 2 is 2.11 bits per heavy atom. The Balaban J connectivity index is 2.20. The summed E-state index contributed by atoms with van der Waals surface area (Å²) in [7, 11) is 0. The van der Waals surface area contributed by atoms with E-state index >= 15 is 0 Å². The standard InChI is InChI=1S/C15H20N2O/c1-3-12-6-5-7-13-8-10-17(15(12)13)11-9-14(18)16-4-2/h5-8,10H,3-4,9,11H2,1-2H3,(H,16,18). The van der Waals surface area contributed by atoms with Crippen LogP contribution < -0.4 is 5.32 Å². The van der Waals surface area contributed by atoms with Crippen molar-refractivity contribution in [2.75, 3.05) is 6.54 Å². The predicted octanol–water partition coefficient (Wildman–Crippen LogP) is 2.73. The molecule has 0 aliphatic heterocycles. The van der Waals surface area contributed by atoms with Crippen molar-refractivity contribution in [3.05, 3.63) is 36.0 Å².